The van der Waals surface area contributed by atoms with Crippen molar-refractivity contribution in [2.75, 3.05) is 14.2 Å². The van der Waals surface area contributed by atoms with Crippen LogP contribution >= 0.6 is 0 Å². The van der Waals surface area contributed by atoms with Crippen molar-refractivity contribution in [2.24, 2.45) is 5.73 Å². The summed E-state index contributed by atoms with van der Waals surface area (Å²) in [5.41, 5.74) is 9.63. The van der Waals surface area contributed by atoms with E-state index in [1.807, 2.05) is 24.3 Å². The van der Waals surface area contributed by atoms with Crippen molar-refractivity contribution in [1.29, 1.82) is 5.26 Å². The van der Waals surface area contributed by atoms with Gasteiger partial charge in [0.25, 0.3) is 0 Å². The van der Waals surface area contributed by atoms with Crippen molar-refractivity contribution in [2.45, 2.75) is 5.92 Å². The second-order valence-electron chi connectivity index (χ2n) is 6.59. The molecular weight excluding hydrogens is 384 g/mol. The zero-order chi connectivity index (χ0) is 21.3. The van der Waals surface area contributed by atoms with E-state index in [-0.39, 0.29) is 11.5 Å². The number of nitrogens with zero attached hydrogens (tertiary/aromatic N) is 2. The molecule has 3 N–H and O–H groups in total. The minimum Gasteiger partial charge on any atom is -0.497 e. The minimum atomic E-state index is -0.523. The van der Waals surface area contributed by atoms with Crippen LogP contribution in [-0.2, 0) is 4.74 Å². The Balaban J connectivity index is 1.87. The molecule has 1 atom stereocenters. The molecule has 8 heteroatoms. The number of carbonyl (C=O) groups is 1. The highest BCUT2D eigenvalue weighted by Gasteiger charge is 2.35. The van der Waals surface area contributed by atoms with E-state index in [1.54, 1.807) is 31.4 Å². The van der Waals surface area contributed by atoms with Crippen molar-refractivity contribution in [1.82, 2.24) is 10.2 Å². The molecule has 4 rings (SSSR count). The number of carbonyl (C=O) groups excluding carboxylic acids is 1. The molecular formula is C22H18N4O4. The maximum atomic E-state index is 11.8. The highest BCUT2D eigenvalue weighted by molar-refractivity contribution is 5.89. The highest BCUT2D eigenvalue weighted by atomic mass is 16.5. The average molecular weight is 402 g/mol. The molecule has 8 nitrogen and oxygen atoms in total. The number of nitriles is 1. The average Bonchev–Trinajstić information content (AvgIpc) is 3.21. The monoisotopic (exact) mass is 402 g/mol. The van der Waals surface area contributed by atoms with Crippen molar-refractivity contribution >= 4 is 5.97 Å². The summed E-state index contributed by atoms with van der Waals surface area (Å²) < 4.78 is 15.7. The predicted octanol–water partition coefficient (Wildman–Crippen LogP) is 3.09. The van der Waals surface area contributed by atoms with Crippen LogP contribution in [0.3, 0.4) is 0 Å². The zero-order valence-corrected chi connectivity index (χ0v) is 16.3. The predicted molar refractivity (Wildman–Crippen MR) is 108 cm³/mol. The van der Waals surface area contributed by atoms with E-state index in [9.17, 15) is 10.1 Å². The van der Waals surface area contributed by atoms with E-state index in [4.69, 9.17) is 19.9 Å². The second-order valence-corrected chi connectivity index (χ2v) is 6.59. The Labute approximate surface area is 172 Å². The molecule has 2 heterocycles. The van der Waals surface area contributed by atoms with Gasteiger partial charge in [0.1, 0.15) is 17.4 Å². The van der Waals surface area contributed by atoms with Crippen LogP contribution in [0.4, 0.5) is 0 Å². The fraction of sp³-hybridized carbons (Fsp3) is 0.136. The van der Waals surface area contributed by atoms with E-state index in [0.717, 1.165) is 11.1 Å². The molecule has 3 aromatic rings. The first kappa shape index (κ1) is 19.1. The van der Waals surface area contributed by atoms with Crippen LogP contribution in [0.5, 0.6) is 11.6 Å². The van der Waals surface area contributed by atoms with Gasteiger partial charge in [0.15, 0.2) is 0 Å². The van der Waals surface area contributed by atoms with Gasteiger partial charge in [-0.25, -0.2) is 4.79 Å². The van der Waals surface area contributed by atoms with Crippen molar-refractivity contribution in [3.8, 4) is 29.0 Å². The molecule has 150 valence electrons. The van der Waals surface area contributed by atoms with Gasteiger partial charge in [-0.3, -0.25) is 5.10 Å². The standard InChI is InChI=1S/C22H18N4O4/c1-28-15-5-3-4-14(10-15)19-18-17(12-6-8-13(9-7-12)22(27)29-2)16(11-23)20(24)30-21(18)26-25-19/h3-10,17H,24H2,1-2H3,(H,25,26)/t17-/m1/s1. The van der Waals surface area contributed by atoms with Crippen LogP contribution in [0.2, 0.25) is 0 Å². The van der Waals surface area contributed by atoms with E-state index < -0.39 is 11.9 Å². The van der Waals surface area contributed by atoms with Gasteiger partial charge in [-0.1, -0.05) is 24.3 Å². The maximum Gasteiger partial charge on any atom is 0.337 e. The van der Waals surface area contributed by atoms with Crippen LogP contribution in [-0.4, -0.2) is 30.4 Å². The molecule has 30 heavy (non-hydrogen) atoms. The van der Waals surface area contributed by atoms with Gasteiger partial charge >= 0.3 is 5.97 Å². The first-order valence-corrected chi connectivity index (χ1v) is 9.06. The summed E-state index contributed by atoms with van der Waals surface area (Å²) in [4.78, 5) is 11.8. The third kappa shape index (κ3) is 3.12. The van der Waals surface area contributed by atoms with E-state index in [0.29, 0.717) is 28.5 Å². The lowest BCUT2D eigenvalue weighted by molar-refractivity contribution is 0.0600. The fourth-order valence-electron chi connectivity index (χ4n) is 3.51. The van der Waals surface area contributed by atoms with Crippen LogP contribution in [0, 0.1) is 11.3 Å². The maximum absolute atomic E-state index is 11.8. The van der Waals surface area contributed by atoms with Crippen LogP contribution in [0.25, 0.3) is 11.3 Å². The normalized spacial score (nSPS) is 15.0. The SMILES string of the molecule is COC(=O)c1ccc([C@@H]2C(C#N)=C(N)Oc3n[nH]c(-c4cccc(OC)c4)c32)cc1. The van der Waals surface area contributed by atoms with E-state index >= 15 is 0 Å². The van der Waals surface area contributed by atoms with Gasteiger partial charge in [-0.15, -0.1) is 5.10 Å². The first-order chi connectivity index (χ1) is 14.6. The van der Waals surface area contributed by atoms with Gasteiger partial charge < -0.3 is 19.9 Å². The van der Waals surface area contributed by atoms with Gasteiger partial charge in [-0.2, -0.15) is 5.26 Å². The van der Waals surface area contributed by atoms with Crippen molar-refractivity contribution < 1.29 is 19.0 Å². The number of ether oxygens (including phenoxy) is 3. The number of methoxy groups -OCH3 is 2. The van der Waals surface area contributed by atoms with Gasteiger partial charge in [0, 0.05) is 5.56 Å². The first-order valence-electron chi connectivity index (χ1n) is 9.06. The Morgan fingerprint density at radius 3 is 2.67 bits per heavy atom. The summed E-state index contributed by atoms with van der Waals surface area (Å²) in [6.07, 6.45) is 0. The topological polar surface area (TPSA) is 123 Å². The minimum absolute atomic E-state index is 0.00395. The molecule has 0 unspecified atom stereocenters. The number of allylic oxidation sites excluding steroid dienone is 1. The van der Waals surface area contributed by atoms with Gasteiger partial charge in [0.2, 0.25) is 11.8 Å². The molecule has 0 radical (unpaired) electrons. The van der Waals surface area contributed by atoms with Crippen LogP contribution in [0.1, 0.15) is 27.4 Å². The van der Waals surface area contributed by atoms with Crippen LogP contribution < -0.4 is 15.2 Å². The van der Waals surface area contributed by atoms with Crippen molar-refractivity contribution in [3.63, 3.8) is 0 Å². The molecule has 2 aromatic carbocycles. The van der Waals surface area contributed by atoms with Crippen molar-refractivity contribution in [3.05, 3.63) is 76.7 Å². The van der Waals surface area contributed by atoms with E-state index in [2.05, 4.69) is 16.3 Å². The summed E-state index contributed by atoms with van der Waals surface area (Å²) in [7, 11) is 2.91. The van der Waals surface area contributed by atoms with E-state index in [1.165, 1.54) is 7.11 Å². The highest BCUT2D eigenvalue weighted by Crippen LogP contribution is 2.45. The molecule has 0 saturated heterocycles. The number of esters is 1. The lowest BCUT2D eigenvalue weighted by Crippen LogP contribution is -2.21. The Bertz CT molecular complexity index is 1190. The Morgan fingerprint density at radius 1 is 1.23 bits per heavy atom. The third-order valence-electron chi connectivity index (χ3n) is 4.96. The number of nitrogens with one attached hydrogen (secondary N) is 1. The number of fused-ring (bicyclic) bond motifs is 1. The number of aromatic amines is 1. The number of nitrogens with two attached hydrogens (primary N) is 1. The molecule has 1 aliphatic heterocycles. The number of aromatic nitrogens is 2. The Morgan fingerprint density at radius 2 is 2.00 bits per heavy atom. The molecule has 1 aliphatic rings. The molecule has 0 bridgehead atoms. The number of H-pyrrole nitrogens is 1. The Hall–Kier alpha value is -4.25. The third-order valence-corrected chi connectivity index (χ3v) is 4.96. The quantitative estimate of drug-likeness (QED) is 0.643. The number of rotatable bonds is 4. The number of hydrogen-bond acceptors (Lipinski definition) is 7. The second kappa shape index (κ2) is 7.64. The van der Waals surface area contributed by atoms with Crippen LogP contribution in [0.15, 0.2) is 60.0 Å². The van der Waals surface area contributed by atoms with Gasteiger partial charge in [-0.05, 0) is 29.8 Å². The molecule has 0 aliphatic carbocycles. The fourth-order valence-corrected chi connectivity index (χ4v) is 3.51. The summed E-state index contributed by atoms with van der Waals surface area (Å²) in [6, 6.07) is 16.4. The summed E-state index contributed by atoms with van der Waals surface area (Å²) in [5, 5.41) is 17.0. The summed E-state index contributed by atoms with van der Waals surface area (Å²) in [5.74, 6) is 0.0137. The lowest BCUT2D eigenvalue weighted by atomic mass is 9.83. The molecule has 1 aromatic heterocycles. The number of hydrogen-bond donors (Lipinski definition) is 2. The molecule has 0 spiro atoms. The summed E-state index contributed by atoms with van der Waals surface area (Å²) >= 11 is 0. The lowest BCUT2D eigenvalue weighted by Gasteiger charge is -2.24. The molecule has 0 amide bonds. The van der Waals surface area contributed by atoms with Gasteiger partial charge in [0.05, 0.1) is 37.0 Å². The summed E-state index contributed by atoms with van der Waals surface area (Å²) in [6.45, 7) is 0. The Kier molecular flexibility index (Phi) is 4.86. The zero-order valence-electron chi connectivity index (χ0n) is 16.3. The smallest absolute Gasteiger partial charge is 0.337 e. The molecule has 0 saturated carbocycles. The largest absolute Gasteiger partial charge is 0.497 e. The molecule has 0 fully saturated rings. The number of benzene rings is 2.